The smallest absolute Gasteiger partial charge is 0.349 e. The van der Waals surface area contributed by atoms with Crippen LogP contribution in [0.2, 0.25) is 5.02 Å². The van der Waals surface area contributed by atoms with Crippen LogP contribution in [0.1, 0.15) is 16.7 Å². The normalized spacial score (nSPS) is 10.5. The molecule has 1 N–H and O–H groups in total. The Morgan fingerprint density at radius 2 is 2.03 bits per heavy atom. The minimum atomic E-state index is -0.354. The van der Waals surface area contributed by atoms with E-state index in [-0.39, 0.29) is 5.69 Å². The van der Waals surface area contributed by atoms with Gasteiger partial charge in [-0.1, -0.05) is 23.7 Å². The number of anilines is 1. The monoisotopic (exact) mass is 457 g/mol. The highest BCUT2D eigenvalue weighted by molar-refractivity contribution is 6.31. The van der Waals surface area contributed by atoms with E-state index in [2.05, 4.69) is 20.1 Å². The van der Waals surface area contributed by atoms with Gasteiger partial charge in [-0.2, -0.15) is 4.98 Å². The maximum atomic E-state index is 12.3. The number of nitrogens with zero attached hydrogens (tertiary/aromatic N) is 4. The first kappa shape index (κ1) is 22.1. The van der Waals surface area contributed by atoms with Crippen LogP contribution in [-0.4, -0.2) is 14.5 Å². The molecule has 0 radical (unpaired) electrons. The van der Waals surface area contributed by atoms with E-state index in [0.717, 1.165) is 16.7 Å². The van der Waals surface area contributed by atoms with E-state index in [1.807, 2.05) is 31.2 Å². The van der Waals surface area contributed by atoms with Crippen molar-refractivity contribution in [2.45, 2.75) is 20.0 Å². The first-order valence-corrected chi connectivity index (χ1v) is 10.5. The molecule has 2 aromatic heterocycles. The molecule has 33 heavy (non-hydrogen) atoms. The third-order valence-corrected chi connectivity index (χ3v) is 5.35. The van der Waals surface area contributed by atoms with Gasteiger partial charge in [0.15, 0.2) is 0 Å². The topological polar surface area (TPSA) is 73.4 Å². The lowest BCUT2D eigenvalue weighted by Crippen LogP contribution is -2.23. The summed E-state index contributed by atoms with van der Waals surface area (Å²) in [5, 5.41) is 3.79. The van der Waals surface area contributed by atoms with Gasteiger partial charge in [0.1, 0.15) is 17.3 Å². The average Bonchev–Trinajstić information content (AvgIpc) is 2.83. The highest BCUT2D eigenvalue weighted by Gasteiger charge is 2.09. The molecule has 4 rings (SSSR count). The predicted molar refractivity (Wildman–Crippen MR) is 128 cm³/mol. The van der Waals surface area contributed by atoms with Gasteiger partial charge in [0.2, 0.25) is 5.69 Å². The van der Waals surface area contributed by atoms with E-state index in [0.29, 0.717) is 41.1 Å². The third-order valence-electron chi connectivity index (χ3n) is 4.92. The van der Waals surface area contributed by atoms with E-state index in [9.17, 15) is 4.79 Å². The van der Waals surface area contributed by atoms with Crippen LogP contribution in [0.25, 0.3) is 4.85 Å². The van der Waals surface area contributed by atoms with Crippen molar-refractivity contribution < 1.29 is 4.74 Å². The molecule has 2 heterocycles. The largest absolute Gasteiger partial charge is 0.468 e. The lowest BCUT2D eigenvalue weighted by molar-refractivity contribution is 0.485. The van der Waals surface area contributed by atoms with Gasteiger partial charge >= 0.3 is 5.69 Å². The quantitative estimate of drug-likeness (QED) is 0.365. The van der Waals surface area contributed by atoms with Crippen LogP contribution in [0.3, 0.4) is 0 Å². The fourth-order valence-corrected chi connectivity index (χ4v) is 3.30. The Balaban J connectivity index is 1.43. The maximum Gasteiger partial charge on any atom is 0.349 e. The summed E-state index contributed by atoms with van der Waals surface area (Å²) in [7, 11) is 0. The van der Waals surface area contributed by atoms with E-state index in [1.54, 1.807) is 48.9 Å². The number of aryl methyl sites for hydroxylation is 1. The van der Waals surface area contributed by atoms with Crippen molar-refractivity contribution in [3.8, 4) is 11.5 Å². The molecule has 0 atom stereocenters. The second-order valence-electron chi connectivity index (χ2n) is 7.37. The number of pyridine rings is 1. The van der Waals surface area contributed by atoms with Gasteiger partial charge in [-0.3, -0.25) is 9.55 Å². The van der Waals surface area contributed by atoms with Gasteiger partial charge < -0.3 is 10.1 Å². The summed E-state index contributed by atoms with van der Waals surface area (Å²) < 4.78 is 7.40. The molecule has 2 aromatic carbocycles. The molecule has 164 valence electrons. The van der Waals surface area contributed by atoms with Gasteiger partial charge in [0, 0.05) is 30.2 Å². The van der Waals surface area contributed by atoms with Crippen molar-refractivity contribution in [3.63, 3.8) is 0 Å². The van der Waals surface area contributed by atoms with Crippen LogP contribution >= 0.6 is 11.6 Å². The number of aromatic nitrogens is 3. The first-order valence-electron chi connectivity index (χ1n) is 10.2. The summed E-state index contributed by atoms with van der Waals surface area (Å²) in [4.78, 5) is 24.1. The third kappa shape index (κ3) is 5.56. The average molecular weight is 458 g/mol. The molecule has 0 fully saturated rings. The lowest BCUT2D eigenvalue weighted by Gasteiger charge is -2.11. The van der Waals surface area contributed by atoms with Crippen LogP contribution < -0.4 is 15.7 Å². The molecule has 8 heteroatoms. The number of hydrogen-bond donors (Lipinski definition) is 1. The fourth-order valence-electron chi connectivity index (χ4n) is 3.18. The molecule has 0 bridgehead atoms. The van der Waals surface area contributed by atoms with Crippen LogP contribution in [-0.2, 0) is 13.1 Å². The van der Waals surface area contributed by atoms with E-state index in [4.69, 9.17) is 22.9 Å². The van der Waals surface area contributed by atoms with Gasteiger partial charge in [0.05, 0.1) is 13.1 Å². The molecule has 0 aliphatic carbocycles. The maximum absolute atomic E-state index is 12.3. The van der Waals surface area contributed by atoms with Crippen molar-refractivity contribution in [2.75, 3.05) is 5.32 Å². The van der Waals surface area contributed by atoms with E-state index < -0.39 is 0 Å². The minimum absolute atomic E-state index is 0.354. The summed E-state index contributed by atoms with van der Waals surface area (Å²) >= 11 is 6.06. The molecule has 0 aliphatic heterocycles. The fraction of sp³-hybridized carbons (Fsp3) is 0.120. The van der Waals surface area contributed by atoms with Crippen LogP contribution in [0, 0.1) is 13.5 Å². The number of hydrogen-bond acceptors (Lipinski definition) is 5. The van der Waals surface area contributed by atoms with E-state index >= 15 is 0 Å². The zero-order valence-electron chi connectivity index (χ0n) is 17.8. The number of rotatable bonds is 7. The second kappa shape index (κ2) is 9.98. The highest BCUT2D eigenvalue weighted by Crippen LogP contribution is 2.34. The molecule has 0 saturated carbocycles. The molecule has 4 aromatic rings. The van der Waals surface area contributed by atoms with Crippen molar-refractivity contribution >= 4 is 23.1 Å². The summed E-state index contributed by atoms with van der Waals surface area (Å²) in [6, 6.07) is 16.2. The van der Waals surface area contributed by atoms with Gasteiger partial charge in [-0.15, -0.1) is 0 Å². The van der Waals surface area contributed by atoms with Crippen LogP contribution in [0.5, 0.6) is 11.5 Å². The summed E-state index contributed by atoms with van der Waals surface area (Å²) in [5.74, 6) is 1.54. The Morgan fingerprint density at radius 3 is 2.76 bits per heavy atom. The number of nitrogens with one attached hydrogen (secondary N) is 1. The lowest BCUT2D eigenvalue weighted by atomic mass is 10.2. The number of benzene rings is 2. The zero-order chi connectivity index (χ0) is 23.2. The van der Waals surface area contributed by atoms with Gasteiger partial charge in [0.25, 0.3) is 0 Å². The summed E-state index contributed by atoms with van der Waals surface area (Å²) in [6.45, 7) is 10.2. The SMILES string of the molecule is [C-]#[N+]c1cc(CNc2ccn(Cc3cccnc3)c(=O)n2)ccc1Oc1ccc(Cl)c(C)c1. The highest BCUT2D eigenvalue weighted by atomic mass is 35.5. The molecule has 0 spiro atoms. The Hall–Kier alpha value is -4.15. The Labute approximate surface area is 196 Å². The molecule has 7 nitrogen and oxygen atoms in total. The molecule has 0 saturated heterocycles. The number of halogens is 1. The summed E-state index contributed by atoms with van der Waals surface area (Å²) in [5.41, 5.74) is 2.72. The van der Waals surface area contributed by atoms with Gasteiger partial charge in [-0.25, -0.2) is 9.64 Å². The molecule has 0 aliphatic rings. The van der Waals surface area contributed by atoms with Gasteiger partial charge in [-0.05, 0) is 66.1 Å². The Morgan fingerprint density at radius 1 is 1.15 bits per heavy atom. The molecule has 0 unspecified atom stereocenters. The standard InChI is InChI=1S/C25H20ClN5O2/c1-17-12-20(6-7-21(17)26)33-23-8-5-18(13-22(23)27-2)15-29-24-9-11-31(25(32)30-24)16-19-4-3-10-28-14-19/h3-14H,15-16H2,1H3,(H,29,30,32). The molecule has 0 amide bonds. The first-order chi connectivity index (χ1) is 16.0. The Bertz CT molecular complexity index is 1380. The van der Waals surface area contributed by atoms with E-state index in [1.165, 1.54) is 4.57 Å². The number of ether oxygens (including phenoxy) is 1. The predicted octanol–water partition coefficient (Wildman–Crippen LogP) is 5.60. The summed E-state index contributed by atoms with van der Waals surface area (Å²) in [6.07, 6.45) is 5.10. The van der Waals surface area contributed by atoms with Crippen molar-refractivity contribution in [1.82, 2.24) is 14.5 Å². The minimum Gasteiger partial charge on any atom is -0.468 e. The Kier molecular flexibility index (Phi) is 6.67. The van der Waals surface area contributed by atoms with Crippen LogP contribution in [0.15, 0.2) is 78.0 Å². The molecular formula is C25H20ClN5O2. The van der Waals surface area contributed by atoms with Crippen molar-refractivity contribution in [1.29, 1.82) is 0 Å². The second-order valence-corrected chi connectivity index (χ2v) is 7.77. The van der Waals surface area contributed by atoms with Crippen molar-refractivity contribution in [2.24, 2.45) is 0 Å². The zero-order valence-corrected chi connectivity index (χ0v) is 18.6. The molecular weight excluding hydrogens is 438 g/mol. The van der Waals surface area contributed by atoms with Crippen molar-refractivity contribution in [3.05, 3.63) is 117 Å². The van der Waals surface area contributed by atoms with Crippen LogP contribution in [0.4, 0.5) is 11.5 Å².